The molecule has 1 atom stereocenters. The quantitative estimate of drug-likeness (QED) is 0.745. The second-order valence-electron chi connectivity index (χ2n) is 4.04. The number of halogens is 1. The monoisotopic (exact) mass is 283 g/mol. The first kappa shape index (κ1) is 13.5. The van der Waals surface area contributed by atoms with Crippen LogP contribution in [0.1, 0.15) is 25.2 Å². The fourth-order valence-corrected chi connectivity index (χ4v) is 1.68. The highest BCUT2D eigenvalue weighted by atomic mass is 35.5. The van der Waals surface area contributed by atoms with E-state index in [1.54, 1.807) is 13.1 Å². The van der Waals surface area contributed by atoms with Crippen LogP contribution in [-0.4, -0.2) is 42.9 Å². The van der Waals surface area contributed by atoms with Crippen LogP contribution < -0.4 is 5.32 Å². The number of nitrogens with zero attached hydrogens (tertiary/aromatic N) is 5. The zero-order valence-corrected chi connectivity index (χ0v) is 11.1. The molecule has 2 rings (SSSR count). The molecule has 102 valence electrons. The standard InChI is InChI=1S/C10H14ClN7O/c1-7(18-6-8(11)5-13-18)10(19)12-4-2-3-9-14-16-17-15-9/h5-7H,2-4H2,1H3,(H,12,19)(H,14,15,16,17). The highest BCUT2D eigenvalue weighted by molar-refractivity contribution is 6.30. The summed E-state index contributed by atoms with van der Waals surface area (Å²) in [5.74, 6) is 0.536. The number of carbonyl (C=O) groups excluding carboxylic acids is 1. The summed E-state index contributed by atoms with van der Waals surface area (Å²) in [5, 5.41) is 20.8. The maximum absolute atomic E-state index is 11.8. The van der Waals surface area contributed by atoms with Crippen molar-refractivity contribution in [2.45, 2.75) is 25.8 Å². The van der Waals surface area contributed by atoms with Gasteiger partial charge in [0.2, 0.25) is 5.91 Å². The molecule has 0 aliphatic rings. The van der Waals surface area contributed by atoms with E-state index in [0.717, 1.165) is 6.42 Å². The summed E-state index contributed by atoms with van der Waals surface area (Å²) in [6.45, 7) is 2.31. The minimum Gasteiger partial charge on any atom is -0.354 e. The van der Waals surface area contributed by atoms with Gasteiger partial charge in [0.1, 0.15) is 6.04 Å². The molecule has 0 saturated heterocycles. The number of carbonyl (C=O) groups is 1. The maximum atomic E-state index is 11.8. The lowest BCUT2D eigenvalue weighted by Gasteiger charge is -2.12. The van der Waals surface area contributed by atoms with Crippen molar-refractivity contribution in [2.24, 2.45) is 0 Å². The van der Waals surface area contributed by atoms with Crippen LogP contribution in [0.3, 0.4) is 0 Å². The van der Waals surface area contributed by atoms with Crippen LogP contribution in [0.25, 0.3) is 0 Å². The van der Waals surface area contributed by atoms with Crippen LogP contribution in [0.15, 0.2) is 12.4 Å². The van der Waals surface area contributed by atoms with Gasteiger partial charge >= 0.3 is 0 Å². The summed E-state index contributed by atoms with van der Waals surface area (Å²) in [7, 11) is 0. The van der Waals surface area contributed by atoms with E-state index in [4.69, 9.17) is 11.6 Å². The van der Waals surface area contributed by atoms with Gasteiger partial charge in [0, 0.05) is 19.2 Å². The van der Waals surface area contributed by atoms with Crippen LogP contribution in [0.2, 0.25) is 5.02 Å². The van der Waals surface area contributed by atoms with Crippen molar-refractivity contribution in [2.75, 3.05) is 6.54 Å². The molecule has 9 heteroatoms. The van der Waals surface area contributed by atoms with E-state index in [0.29, 0.717) is 23.8 Å². The van der Waals surface area contributed by atoms with E-state index >= 15 is 0 Å². The average Bonchev–Trinajstić information content (AvgIpc) is 3.04. The predicted octanol–water partition coefficient (Wildman–Crippen LogP) is 0.360. The SMILES string of the molecule is CC(C(=O)NCCCc1nn[nH]n1)n1cc(Cl)cn1. The Labute approximate surface area is 114 Å². The molecule has 1 unspecified atom stereocenters. The summed E-state index contributed by atoms with van der Waals surface area (Å²) in [6, 6.07) is -0.391. The number of hydrogen-bond donors (Lipinski definition) is 2. The molecule has 0 radical (unpaired) electrons. The topological polar surface area (TPSA) is 101 Å². The Balaban J connectivity index is 1.72. The van der Waals surface area contributed by atoms with Gasteiger partial charge in [-0.05, 0) is 13.3 Å². The normalized spacial score (nSPS) is 12.3. The van der Waals surface area contributed by atoms with E-state index < -0.39 is 6.04 Å². The molecule has 19 heavy (non-hydrogen) atoms. The minimum absolute atomic E-state index is 0.104. The van der Waals surface area contributed by atoms with Crippen molar-refractivity contribution in [3.63, 3.8) is 0 Å². The summed E-state index contributed by atoms with van der Waals surface area (Å²) in [5.41, 5.74) is 0. The molecule has 1 amide bonds. The van der Waals surface area contributed by atoms with Crippen molar-refractivity contribution in [1.29, 1.82) is 0 Å². The molecule has 2 aromatic rings. The van der Waals surface area contributed by atoms with Crippen molar-refractivity contribution in [1.82, 2.24) is 35.7 Å². The molecular weight excluding hydrogens is 270 g/mol. The number of aryl methyl sites for hydroxylation is 1. The molecule has 0 aromatic carbocycles. The highest BCUT2D eigenvalue weighted by Crippen LogP contribution is 2.10. The Morgan fingerprint density at radius 3 is 3.11 bits per heavy atom. The summed E-state index contributed by atoms with van der Waals surface area (Å²) < 4.78 is 1.52. The predicted molar refractivity (Wildman–Crippen MR) is 67.5 cm³/mol. The van der Waals surface area contributed by atoms with Gasteiger partial charge in [-0.1, -0.05) is 16.8 Å². The van der Waals surface area contributed by atoms with Crippen LogP contribution in [-0.2, 0) is 11.2 Å². The third-order valence-corrected chi connectivity index (χ3v) is 2.81. The van der Waals surface area contributed by atoms with Gasteiger partial charge in [-0.3, -0.25) is 9.48 Å². The molecule has 0 bridgehead atoms. The van der Waals surface area contributed by atoms with E-state index in [1.807, 2.05) is 0 Å². The fraction of sp³-hybridized carbons (Fsp3) is 0.500. The largest absolute Gasteiger partial charge is 0.354 e. The molecule has 8 nitrogen and oxygen atoms in total. The number of aromatic amines is 1. The van der Waals surface area contributed by atoms with Crippen LogP contribution in [0.4, 0.5) is 0 Å². The summed E-state index contributed by atoms with van der Waals surface area (Å²) in [4.78, 5) is 11.8. The Bertz CT molecular complexity index is 524. The Morgan fingerprint density at radius 2 is 2.47 bits per heavy atom. The van der Waals surface area contributed by atoms with Crippen LogP contribution >= 0.6 is 11.6 Å². The van der Waals surface area contributed by atoms with Crippen LogP contribution in [0.5, 0.6) is 0 Å². The lowest BCUT2D eigenvalue weighted by molar-refractivity contribution is -0.124. The van der Waals surface area contributed by atoms with Crippen molar-refractivity contribution < 1.29 is 4.79 Å². The highest BCUT2D eigenvalue weighted by Gasteiger charge is 2.15. The Hall–Kier alpha value is -1.96. The maximum Gasteiger partial charge on any atom is 0.244 e. The van der Waals surface area contributed by atoms with E-state index in [1.165, 1.54) is 10.9 Å². The first-order valence-electron chi connectivity index (χ1n) is 5.86. The lowest BCUT2D eigenvalue weighted by atomic mass is 10.2. The van der Waals surface area contributed by atoms with Crippen molar-refractivity contribution in [3.05, 3.63) is 23.2 Å². The number of nitrogens with one attached hydrogen (secondary N) is 2. The van der Waals surface area contributed by atoms with Gasteiger partial charge in [-0.25, -0.2) is 0 Å². The molecule has 2 N–H and O–H groups in total. The number of tetrazole rings is 1. The van der Waals surface area contributed by atoms with Gasteiger partial charge in [0.15, 0.2) is 5.82 Å². The average molecular weight is 284 g/mol. The fourth-order valence-electron chi connectivity index (χ4n) is 1.54. The van der Waals surface area contributed by atoms with Gasteiger partial charge < -0.3 is 5.32 Å². The molecule has 0 spiro atoms. The Morgan fingerprint density at radius 1 is 1.63 bits per heavy atom. The van der Waals surface area contributed by atoms with Crippen molar-refractivity contribution >= 4 is 17.5 Å². The zero-order valence-electron chi connectivity index (χ0n) is 10.4. The smallest absolute Gasteiger partial charge is 0.244 e. The first-order chi connectivity index (χ1) is 9.16. The molecule has 0 saturated carbocycles. The first-order valence-corrected chi connectivity index (χ1v) is 6.24. The molecule has 2 aromatic heterocycles. The number of rotatable bonds is 6. The molecular formula is C10H14ClN7O. The van der Waals surface area contributed by atoms with E-state index in [2.05, 4.69) is 31.0 Å². The van der Waals surface area contributed by atoms with Crippen molar-refractivity contribution in [3.8, 4) is 0 Å². The third-order valence-electron chi connectivity index (χ3n) is 2.61. The summed E-state index contributed by atoms with van der Waals surface area (Å²) >= 11 is 5.76. The second kappa shape index (κ2) is 6.28. The number of amides is 1. The van der Waals surface area contributed by atoms with Gasteiger partial charge in [0.05, 0.1) is 11.2 Å². The van der Waals surface area contributed by atoms with Gasteiger partial charge in [-0.2, -0.15) is 10.3 Å². The van der Waals surface area contributed by atoms with E-state index in [-0.39, 0.29) is 5.91 Å². The summed E-state index contributed by atoms with van der Waals surface area (Å²) in [6.07, 6.45) is 4.53. The van der Waals surface area contributed by atoms with Gasteiger partial charge in [0.25, 0.3) is 0 Å². The Kier molecular flexibility index (Phi) is 4.45. The van der Waals surface area contributed by atoms with Crippen LogP contribution in [0, 0.1) is 0 Å². The zero-order chi connectivity index (χ0) is 13.7. The lowest BCUT2D eigenvalue weighted by Crippen LogP contribution is -2.32. The molecule has 0 aliphatic heterocycles. The molecule has 2 heterocycles. The molecule has 0 fully saturated rings. The van der Waals surface area contributed by atoms with Gasteiger partial charge in [-0.15, -0.1) is 10.2 Å². The van der Waals surface area contributed by atoms with E-state index in [9.17, 15) is 4.79 Å². The number of aromatic nitrogens is 6. The third kappa shape index (κ3) is 3.75. The minimum atomic E-state index is -0.391. The number of hydrogen-bond acceptors (Lipinski definition) is 5. The second-order valence-corrected chi connectivity index (χ2v) is 4.47. The molecule has 0 aliphatic carbocycles. The number of H-pyrrole nitrogens is 1.